The summed E-state index contributed by atoms with van der Waals surface area (Å²) in [4.78, 5) is 23.5. The number of nitrogens with zero attached hydrogens (tertiary/aromatic N) is 2. The van der Waals surface area contributed by atoms with E-state index in [1.807, 2.05) is 33.1 Å². The molecule has 1 N–H and O–H groups in total. The highest BCUT2D eigenvalue weighted by molar-refractivity contribution is 7.09. The van der Waals surface area contributed by atoms with Crippen LogP contribution in [0.4, 0.5) is 0 Å². The van der Waals surface area contributed by atoms with Gasteiger partial charge in [0, 0.05) is 16.6 Å². The van der Waals surface area contributed by atoms with E-state index in [2.05, 4.69) is 15.0 Å². The van der Waals surface area contributed by atoms with Gasteiger partial charge in [0.15, 0.2) is 5.82 Å². The molecule has 0 aliphatic heterocycles. The molecule has 0 bridgehead atoms. The number of hydrogen-bond acceptors (Lipinski definition) is 4. The highest BCUT2D eigenvalue weighted by Crippen LogP contribution is 2.19. The largest absolute Gasteiger partial charge is 0.305 e. The molecule has 17 heavy (non-hydrogen) atoms. The Bertz CT molecular complexity index is 598. The van der Waals surface area contributed by atoms with E-state index in [0.717, 1.165) is 22.0 Å². The predicted octanol–water partition coefficient (Wildman–Crippen LogP) is 2.63. The molecule has 0 unspecified atom stereocenters. The number of thiazole rings is 1. The number of aromatic amines is 1. The third kappa shape index (κ3) is 2.29. The Morgan fingerprint density at radius 3 is 2.47 bits per heavy atom. The van der Waals surface area contributed by atoms with Crippen LogP contribution in [0.1, 0.15) is 36.0 Å². The molecule has 0 atom stereocenters. The standard InChI is InChI=1S/C12H15N3OS/c1-6(2)10-7(3)13-11(15-12(10)16)9-5-17-8(4)14-9/h5-6H,1-4H3,(H,13,15,16). The second kappa shape index (κ2) is 4.41. The van der Waals surface area contributed by atoms with Crippen molar-refractivity contribution in [1.29, 1.82) is 0 Å². The van der Waals surface area contributed by atoms with Gasteiger partial charge in [0.25, 0.3) is 5.56 Å². The first-order chi connectivity index (χ1) is 7.99. The highest BCUT2D eigenvalue weighted by Gasteiger charge is 2.13. The molecule has 2 aromatic heterocycles. The third-order valence-electron chi connectivity index (χ3n) is 2.58. The Balaban J connectivity index is 2.57. The van der Waals surface area contributed by atoms with E-state index >= 15 is 0 Å². The summed E-state index contributed by atoms with van der Waals surface area (Å²) < 4.78 is 0. The van der Waals surface area contributed by atoms with Gasteiger partial charge in [-0.15, -0.1) is 11.3 Å². The maximum absolute atomic E-state index is 12.0. The van der Waals surface area contributed by atoms with E-state index in [0.29, 0.717) is 5.82 Å². The average Bonchev–Trinajstić information content (AvgIpc) is 2.63. The van der Waals surface area contributed by atoms with Crippen LogP contribution >= 0.6 is 11.3 Å². The lowest BCUT2D eigenvalue weighted by Crippen LogP contribution is -2.18. The summed E-state index contributed by atoms with van der Waals surface area (Å²) in [7, 11) is 0. The van der Waals surface area contributed by atoms with Gasteiger partial charge in [-0.05, 0) is 19.8 Å². The Labute approximate surface area is 104 Å². The van der Waals surface area contributed by atoms with Gasteiger partial charge < -0.3 is 4.98 Å². The Hall–Kier alpha value is -1.49. The fourth-order valence-corrected chi connectivity index (χ4v) is 2.47. The predicted molar refractivity (Wildman–Crippen MR) is 69.5 cm³/mol. The minimum absolute atomic E-state index is 0.0619. The van der Waals surface area contributed by atoms with Crippen LogP contribution in [0.15, 0.2) is 10.2 Å². The fraction of sp³-hybridized carbons (Fsp3) is 0.417. The molecular weight excluding hydrogens is 234 g/mol. The van der Waals surface area contributed by atoms with E-state index in [-0.39, 0.29) is 11.5 Å². The van der Waals surface area contributed by atoms with Crippen molar-refractivity contribution in [3.05, 3.63) is 32.0 Å². The van der Waals surface area contributed by atoms with Crippen LogP contribution in [0.5, 0.6) is 0 Å². The SMILES string of the molecule is Cc1nc(-c2nc(C)c(C(C)C)c(=O)[nH]2)cs1. The highest BCUT2D eigenvalue weighted by atomic mass is 32.1. The zero-order valence-corrected chi connectivity index (χ0v) is 11.2. The second-order valence-corrected chi connectivity index (χ2v) is 5.38. The number of aromatic nitrogens is 3. The smallest absolute Gasteiger partial charge is 0.254 e. The van der Waals surface area contributed by atoms with Crippen molar-refractivity contribution >= 4 is 11.3 Å². The van der Waals surface area contributed by atoms with Gasteiger partial charge in [-0.1, -0.05) is 13.8 Å². The number of nitrogens with one attached hydrogen (secondary N) is 1. The van der Waals surface area contributed by atoms with Crippen LogP contribution in [0.3, 0.4) is 0 Å². The first kappa shape index (κ1) is 12.0. The zero-order chi connectivity index (χ0) is 12.6. The molecule has 0 saturated carbocycles. The van der Waals surface area contributed by atoms with Crippen LogP contribution in [0.25, 0.3) is 11.5 Å². The van der Waals surface area contributed by atoms with Crippen molar-refractivity contribution in [1.82, 2.24) is 15.0 Å². The summed E-state index contributed by atoms with van der Waals surface area (Å²) >= 11 is 1.55. The summed E-state index contributed by atoms with van der Waals surface area (Å²) in [6.07, 6.45) is 0. The van der Waals surface area contributed by atoms with Gasteiger partial charge in [-0.25, -0.2) is 9.97 Å². The average molecular weight is 249 g/mol. The summed E-state index contributed by atoms with van der Waals surface area (Å²) in [6.45, 7) is 7.78. The third-order valence-corrected chi connectivity index (χ3v) is 3.36. The molecule has 0 saturated heterocycles. The van der Waals surface area contributed by atoms with E-state index in [4.69, 9.17) is 0 Å². The van der Waals surface area contributed by atoms with Crippen molar-refractivity contribution in [2.45, 2.75) is 33.6 Å². The van der Waals surface area contributed by atoms with Crippen LogP contribution in [-0.4, -0.2) is 15.0 Å². The van der Waals surface area contributed by atoms with Crippen LogP contribution < -0.4 is 5.56 Å². The molecule has 0 aliphatic carbocycles. The number of hydrogen-bond donors (Lipinski definition) is 1. The van der Waals surface area contributed by atoms with Gasteiger partial charge in [-0.2, -0.15) is 0 Å². The van der Waals surface area contributed by atoms with Crippen LogP contribution in [-0.2, 0) is 0 Å². The summed E-state index contributed by atoms with van der Waals surface area (Å²) in [5, 5.41) is 2.87. The maximum atomic E-state index is 12.0. The van der Waals surface area contributed by atoms with Crippen molar-refractivity contribution in [2.75, 3.05) is 0 Å². The van der Waals surface area contributed by atoms with Gasteiger partial charge in [0.1, 0.15) is 5.69 Å². The summed E-state index contributed by atoms with van der Waals surface area (Å²) in [6, 6.07) is 0. The molecule has 2 rings (SSSR count). The van der Waals surface area contributed by atoms with E-state index < -0.39 is 0 Å². The van der Waals surface area contributed by atoms with Gasteiger partial charge in [-0.3, -0.25) is 4.79 Å². The molecule has 0 spiro atoms. The molecule has 5 heteroatoms. The van der Waals surface area contributed by atoms with Crippen molar-refractivity contribution < 1.29 is 0 Å². The van der Waals surface area contributed by atoms with E-state index in [1.165, 1.54) is 0 Å². The topological polar surface area (TPSA) is 58.6 Å². The minimum atomic E-state index is -0.0619. The molecule has 0 aliphatic rings. The van der Waals surface area contributed by atoms with Crippen molar-refractivity contribution in [3.8, 4) is 11.5 Å². The molecule has 0 amide bonds. The Morgan fingerprint density at radius 1 is 1.29 bits per heavy atom. The van der Waals surface area contributed by atoms with Gasteiger partial charge in [0.05, 0.1) is 5.01 Å². The molecule has 2 heterocycles. The number of rotatable bonds is 2. The Morgan fingerprint density at radius 2 is 2.00 bits per heavy atom. The molecule has 0 aromatic carbocycles. The van der Waals surface area contributed by atoms with Gasteiger partial charge in [0.2, 0.25) is 0 Å². The first-order valence-corrected chi connectivity index (χ1v) is 6.40. The quantitative estimate of drug-likeness (QED) is 0.890. The normalized spacial score (nSPS) is 11.1. The van der Waals surface area contributed by atoms with Gasteiger partial charge >= 0.3 is 0 Å². The van der Waals surface area contributed by atoms with E-state index in [9.17, 15) is 4.79 Å². The number of aryl methyl sites for hydroxylation is 2. The maximum Gasteiger partial charge on any atom is 0.254 e. The number of H-pyrrole nitrogens is 1. The van der Waals surface area contributed by atoms with E-state index in [1.54, 1.807) is 11.3 Å². The van der Waals surface area contributed by atoms with Crippen molar-refractivity contribution in [3.63, 3.8) is 0 Å². The lowest BCUT2D eigenvalue weighted by atomic mass is 10.0. The second-order valence-electron chi connectivity index (χ2n) is 4.32. The fourth-order valence-electron chi connectivity index (χ4n) is 1.87. The molecule has 2 aromatic rings. The lowest BCUT2D eigenvalue weighted by molar-refractivity contribution is 0.814. The molecule has 0 radical (unpaired) electrons. The minimum Gasteiger partial charge on any atom is -0.305 e. The summed E-state index contributed by atoms with van der Waals surface area (Å²) in [5.41, 5.74) is 2.21. The molecule has 0 fully saturated rings. The molecule has 4 nitrogen and oxygen atoms in total. The summed E-state index contributed by atoms with van der Waals surface area (Å²) in [5.74, 6) is 0.735. The Kier molecular flexibility index (Phi) is 3.11. The lowest BCUT2D eigenvalue weighted by Gasteiger charge is -2.08. The van der Waals surface area contributed by atoms with Crippen LogP contribution in [0, 0.1) is 13.8 Å². The van der Waals surface area contributed by atoms with Crippen molar-refractivity contribution in [2.24, 2.45) is 0 Å². The molecule has 90 valence electrons. The monoisotopic (exact) mass is 249 g/mol. The van der Waals surface area contributed by atoms with Crippen LogP contribution in [0.2, 0.25) is 0 Å². The molecular formula is C12H15N3OS. The zero-order valence-electron chi connectivity index (χ0n) is 10.4. The first-order valence-electron chi connectivity index (χ1n) is 5.52.